The molecule has 0 saturated heterocycles. The first kappa shape index (κ1) is 35.2. The summed E-state index contributed by atoms with van der Waals surface area (Å²) in [4.78, 5) is 18.2. The second-order valence-corrected chi connectivity index (χ2v) is 14.1. The van der Waals surface area contributed by atoms with Crippen molar-refractivity contribution in [3.63, 3.8) is 0 Å². The molecular formula is C26H57NO6PS+. The van der Waals surface area contributed by atoms with Crippen molar-refractivity contribution in [2.75, 3.05) is 40.6 Å². The summed E-state index contributed by atoms with van der Waals surface area (Å²) >= 11 is 0. The van der Waals surface area contributed by atoms with Crippen molar-refractivity contribution in [1.82, 2.24) is 0 Å². The number of likely N-dealkylation sites (N-methyl/N-ethyl adjacent to an activating group) is 1. The maximum Gasteiger partial charge on any atom is 0.469 e. The van der Waals surface area contributed by atoms with Crippen molar-refractivity contribution in [2.24, 2.45) is 0 Å². The molecule has 0 saturated carbocycles. The van der Waals surface area contributed by atoms with Gasteiger partial charge < -0.3 is 19.0 Å². The number of hydrogen-bond acceptors (Lipinski definition) is 4. The Morgan fingerprint density at radius 1 is 0.829 bits per heavy atom. The van der Waals surface area contributed by atoms with Gasteiger partial charge in [0.05, 0.1) is 32.5 Å². The summed E-state index contributed by atoms with van der Waals surface area (Å²) in [5.74, 6) is 0.674. The van der Waals surface area contributed by atoms with Crippen LogP contribution < -0.4 is 0 Å². The molecule has 0 aliphatic carbocycles. The highest BCUT2D eigenvalue weighted by atomic mass is 32.2. The van der Waals surface area contributed by atoms with E-state index in [1.165, 1.54) is 77.0 Å². The predicted molar refractivity (Wildman–Crippen MR) is 148 cm³/mol. The van der Waals surface area contributed by atoms with Crippen LogP contribution >= 0.6 is 7.82 Å². The van der Waals surface area contributed by atoms with E-state index in [2.05, 4.69) is 6.92 Å². The Morgan fingerprint density at radius 3 is 1.63 bits per heavy atom. The second-order valence-electron chi connectivity index (χ2n) is 11.0. The molecule has 0 fully saturated rings. The van der Waals surface area contributed by atoms with E-state index in [-0.39, 0.29) is 24.0 Å². The smallest absolute Gasteiger partial charge is 0.380 e. The summed E-state index contributed by atoms with van der Waals surface area (Å²) in [7, 11) is 1.94. The molecule has 7 nitrogen and oxygen atoms in total. The number of methoxy groups -OCH3 is 1. The van der Waals surface area contributed by atoms with E-state index < -0.39 is 18.6 Å². The van der Waals surface area contributed by atoms with Crippen molar-refractivity contribution in [3.8, 4) is 0 Å². The predicted octanol–water partition coefficient (Wildman–Crippen LogP) is 6.19. The molecule has 0 heterocycles. The first-order chi connectivity index (χ1) is 16.4. The standard InChI is InChI=1S/C26H56NO6PS/c1-7-8-9-10-11-12-13-14-15-16-17-18-19-20-21-35(31)24(2)26(32-6)22-25(27(3,4)5)23-33-34(28,29)30/h24-26H,7-23H2,1-6H3,(H-,28,29,30)/p+1. The van der Waals surface area contributed by atoms with Crippen LogP contribution in [0.3, 0.4) is 0 Å². The molecule has 0 amide bonds. The minimum absolute atomic E-state index is 0.0774. The highest BCUT2D eigenvalue weighted by Crippen LogP contribution is 2.36. The Kier molecular flexibility index (Phi) is 20.3. The van der Waals surface area contributed by atoms with Crippen molar-refractivity contribution < 1.29 is 32.3 Å². The fourth-order valence-corrected chi connectivity index (χ4v) is 6.12. The van der Waals surface area contributed by atoms with Crippen molar-refractivity contribution in [1.29, 1.82) is 0 Å². The lowest BCUT2D eigenvalue weighted by molar-refractivity contribution is -0.897. The van der Waals surface area contributed by atoms with E-state index in [1.54, 1.807) is 7.11 Å². The Hall–Kier alpha value is 0.180. The fourth-order valence-electron chi connectivity index (χ4n) is 4.33. The third kappa shape index (κ3) is 19.9. The summed E-state index contributed by atoms with van der Waals surface area (Å²) < 4.78 is 35.0. The lowest BCUT2D eigenvalue weighted by Gasteiger charge is -2.36. The molecule has 0 radical (unpaired) electrons. The van der Waals surface area contributed by atoms with Gasteiger partial charge in [-0.05, 0) is 13.3 Å². The Morgan fingerprint density at radius 2 is 1.26 bits per heavy atom. The minimum Gasteiger partial charge on any atom is -0.380 e. The van der Waals surface area contributed by atoms with Crippen LogP contribution in [0.1, 0.15) is 110 Å². The highest BCUT2D eigenvalue weighted by molar-refractivity contribution is 7.85. The number of unbranched alkanes of at least 4 members (excludes halogenated alkanes) is 13. The van der Waals surface area contributed by atoms with E-state index in [4.69, 9.17) is 19.0 Å². The molecule has 4 unspecified atom stereocenters. The zero-order chi connectivity index (χ0) is 26.7. The Balaban J connectivity index is 4.10. The highest BCUT2D eigenvalue weighted by Gasteiger charge is 2.34. The second kappa shape index (κ2) is 20.2. The van der Waals surface area contributed by atoms with E-state index in [1.807, 2.05) is 28.1 Å². The van der Waals surface area contributed by atoms with Crippen LogP contribution in [0.4, 0.5) is 0 Å². The third-order valence-electron chi connectivity index (χ3n) is 6.97. The number of phosphoric ester groups is 1. The van der Waals surface area contributed by atoms with Crippen LogP contribution in [0.2, 0.25) is 0 Å². The average Bonchev–Trinajstić information content (AvgIpc) is 2.77. The summed E-state index contributed by atoms with van der Waals surface area (Å²) in [5, 5.41) is -0.147. The molecule has 0 bridgehead atoms. The molecule has 0 aliphatic rings. The average molecular weight is 543 g/mol. The normalized spacial score (nSPS) is 16.2. The van der Waals surface area contributed by atoms with E-state index in [0.29, 0.717) is 16.7 Å². The van der Waals surface area contributed by atoms with Crippen molar-refractivity contribution >= 4 is 18.6 Å². The monoisotopic (exact) mass is 542 g/mol. The number of nitrogens with zero attached hydrogens (tertiary/aromatic N) is 1. The molecule has 0 aromatic rings. The largest absolute Gasteiger partial charge is 0.469 e. The van der Waals surface area contributed by atoms with Crippen LogP contribution in [0.5, 0.6) is 0 Å². The number of quaternary nitrogens is 1. The number of ether oxygens (including phenoxy) is 1. The zero-order valence-electron chi connectivity index (χ0n) is 23.6. The molecule has 0 aromatic heterocycles. The maximum absolute atomic E-state index is 12.9. The lowest BCUT2D eigenvalue weighted by Crippen LogP contribution is -2.50. The van der Waals surface area contributed by atoms with Crippen molar-refractivity contribution in [3.05, 3.63) is 0 Å². The maximum atomic E-state index is 12.9. The van der Waals surface area contributed by atoms with E-state index in [9.17, 15) is 8.77 Å². The van der Waals surface area contributed by atoms with Gasteiger partial charge in [-0.25, -0.2) is 4.57 Å². The summed E-state index contributed by atoms with van der Waals surface area (Å²) in [6.45, 7) is 4.13. The summed E-state index contributed by atoms with van der Waals surface area (Å²) in [6.07, 6.45) is 18.5. The molecule has 0 aromatic carbocycles. The SMILES string of the molecule is CCCCCCCCCCCCCCCCS(=O)C(C)C(CC(COP(=O)(O)O)[N+](C)(C)C)OC. The summed E-state index contributed by atoms with van der Waals surface area (Å²) in [6, 6.07) is -0.187. The Bertz CT molecular complexity index is 581. The molecule has 212 valence electrons. The molecule has 0 rings (SSSR count). The quantitative estimate of drug-likeness (QED) is 0.0858. The van der Waals surface area contributed by atoms with Gasteiger partial charge in [-0.2, -0.15) is 0 Å². The van der Waals surface area contributed by atoms with Crippen molar-refractivity contribution in [2.45, 2.75) is 128 Å². The minimum atomic E-state index is -4.53. The van der Waals surface area contributed by atoms with Crippen LogP contribution in [0.15, 0.2) is 0 Å². The molecule has 2 N–H and O–H groups in total. The van der Waals surface area contributed by atoms with Gasteiger partial charge in [0.1, 0.15) is 12.6 Å². The van der Waals surface area contributed by atoms with E-state index in [0.717, 1.165) is 12.8 Å². The molecule has 9 heteroatoms. The molecule has 35 heavy (non-hydrogen) atoms. The molecular weight excluding hydrogens is 485 g/mol. The Labute approximate surface area is 219 Å². The van der Waals surface area contributed by atoms with Gasteiger partial charge in [0, 0.05) is 30.1 Å². The van der Waals surface area contributed by atoms with Gasteiger partial charge in [-0.15, -0.1) is 0 Å². The third-order valence-corrected chi connectivity index (χ3v) is 9.28. The summed E-state index contributed by atoms with van der Waals surface area (Å²) in [5.41, 5.74) is 0. The van der Waals surface area contributed by atoms with Gasteiger partial charge in [0.2, 0.25) is 0 Å². The van der Waals surface area contributed by atoms with Crippen LogP contribution in [-0.2, 0) is 24.6 Å². The van der Waals surface area contributed by atoms with Gasteiger partial charge in [-0.1, -0.05) is 90.4 Å². The van der Waals surface area contributed by atoms with Gasteiger partial charge in [0.25, 0.3) is 0 Å². The van der Waals surface area contributed by atoms with Crippen LogP contribution in [0, 0.1) is 0 Å². The van der Waals surface area contributed by atoms with Crippen LogP contribution in [-0.4, -0.2) is 76.5 Å². The van der Waals surface area contributed by atoms with Gasteiger partial charge in [-0.3, -0.25) is 8.73 Å². The molecule has 0 spiro atoms. The van der Waals surface area contributed by atoms with Gasteiger partial charge in [0.15, 0.2) is 0 Å². The first-order valence-electron chi connectivity index (χ1n) is 13.8. The van der Waals surface area contributed by atoms with Crippen LogP contribution in [0.25, 0.3) is 0 Å². The first-order valence-corrected chi connectivity index (χ1v) is 16.7. The van der Waals surface area contributed by atoms with Gasteiger partial charge >= 0.3 is 7.82 Å². The number of phosphoric acid groups is 1. The number of hydrogen-bond donors (Lipinski definition) is 2. The topological polar surface area (TPSA) is 93.1 Å². The molecule has 4 atom stereocenters. The molecule has 0 aliphatic heterocycles. The van der Waals surface area contributed by atoms with E-state index >= 15 is 0 Å². The number of rotatable bonds is 24. The fraction of sp³-hybridized carbons (Fsp3) is 1.00. The zero-order valence-corrected chi connectivity index (χ0v) is 25.3. The lowest BCUT2D eigenvalue weighted by atomic mass is 10.0.